The zero-order valence-corrected chi connectivity index (χ0v) is 16.1. The van der Waals surface area contributed by atoms with Gasteiger partial charge in [0.25, 0.3) is 0 Å². The van der Waals surface area contributed by atoms with Crippen LogP contribution in [0.2, 0.25) is 0 Å². The number of para-hydroxylation sites is 2. The summed E-state index contributed by atoms with van der Waals surface area (Å²) in [4.78, 5) is 0. The number of rotatable bonds is 7. The summed E-state index contributed by atoms with van der Waals surface area (Å²) >= 11 is 0. The van der Waals surface area contributed by atoms with Crippen LogP contribution in [0.1, 0.15) is 18.4 Å². The molecule has 0 aliphatic carbocycles. The van der Waals surface area contributed by atoms with Crippen LogP contribution in [0.4, 0.5) is 0 Å². The SMILES string of the molecule is Cc1c(-c2ccc(O)cc2)n(CCCCOc2ccccc2)c2ccccc12. The minimum atomic E-state index is 0.294. The molecule has 1 N–H and O–H groups in total. The monoisotopic (exact) mass is 371 g/mol. The first-order chi connectivity index (χ1) is 13.7. The number of phenolic OH excluding ortho intramolecular Hbond substituents is 1. The molecule has 0 fully saturated rings. The number of nitrogens with zero attached hydrogens (tertiary/aromatic N) is 1. The largest absolute Gasteiger partial charge is 0.508 e. The highest BCUT2D eigenvalue weighted by Crippen LogP contribution is 2.34. The Morgan fingerprint density at radius 1 is 0.821 bits per heavy atom. The first-order valence-corrected chi connectivity index (χ1v) is 9.79. The number of benzene rings is 3. The van der Waals surface area contributed by atoms with Crippen molar-refractivity contribution in [2.75, 3.05) is 6.61 Å². The fourth-order valence-electron chi connectivity index (χ4n) is 3.78. The lowest BCUT2D eigenvalue weighted by molar-refractivity contribution is 0.303. The predicted octanol–water partition coefficient (Wildman–Crippen LogP) is 6.18. The second-order valence-electron chi connectivity index (χ2n) is 7.06. The molecule has 3 heteroatoms. The highest BCUT2D eigenvalue weighted by atomic mass is 16.5. The van der Waals surface area contributed by atoms with Crippen molar-refractivity contribution in [3.63, 3.8) is 0 Å². The molecule has 0 atom stereocenters. The minimum Gasteiger partial charge on any atom is -0.508 e. The van der Waals surface area contributed by atoms with Crippen LogP contribution in [-0.4, -0.2) is 16.3 Å². The van der Waals surface area contributed by atoms with Crippen molar-refractivity contribution in [1.82, 2.24) is 4.57 Å². The number of aryl methyl sites for hydroxylation is 2. The minimum absolute atomic E-state index is 0.294. The normalized spacial score (nSPS) is 11.0. The molecule has 4 rings (SSSR count). The van der Waals surface area contributed by atoms with Crippen molar-refractivity contribution >= 4 is 10.9 Å². The summed E-state index contributed by atoms with van der Waals surface area (Å²) < 4.78 is 8.23. The van der Waals surface area contributed by atoms with E-state index in [9.17, 15) is 5.11 Å². The third-order valence-electron chi connectivity index (χ3n) is 5.15. The third kappa shape index (κ3) is 3.74. The summed E-state index contributed by atoms with van der Waals surface area (Å²) in [6.07, 6.45) is 2.03. The molecule has 0 saturated carbocycles. The second kappa shape index (κ2) is 8.22. The maximum atomic E-state index is 9.66. The fourth-order valence-corrected chi connectivity index (χ4v) is 3.78. The van der Waals surface area contributed by atoms with E-state index in [4.69, 9.17) is 4.74 Å². The Labute approximate surface area is 165 Å². The Balaban J connectivity index is 1.54. The smallest absolute Gasteiger partial charge is 0.119 e. The van der Waals surface area contributed by atoms with Gasteiger partial charge in [-0.15, -0.1) is 0 Å². The Morgan fingerprint density at radius 2 is 1.54 bits per heavy atom. The highest BCUT2D eigenvalue weighted by molar-refractivity contribution is 5.91. The summed E-state index contributed by atoms with van der Waals surface area (Å²) in [5, 5.41) is 10.9. The van der Waals surface area contributed by atoms with Crippen LogP contribution in [0.25, 0.3) is 22.2 Å². The van der Waals surface area contributed by atoms with Crippen molar-refractivity contribution in [1.29, 1.82) is 0 Å². The van der Waals surface area contributed by atoms with Crippen LogP contribution < -0.4 is 4.74 Å². The molecule has 28 heavy (non-hydrogen) atoms. The standard InChI is InChI=1S/C25H25NO2/c1-19-23-11-5-6-12-24(23)26(25(19)20-13-15-21(27)16-14-20)17-7-8-18-28-22-9-3-2-4-10-22/h2-6,9-16,27H,7-8,17-18H2,1H3. The number of fused-ring (bicyclic) bond motifs is 1. The molecule has 0 aliphatic heterocycles. The third-order valence-corrected chi connectivity index (χ3v) is 5.15. The first kappa shape index (κ1) is 18.2. The summed E-state index contributed by atoms with van der Waals surface area (Å²) in [6, 6.07) is 26.0. The zero-order chi connectivity index (χ0) is 19.3. The van der Waals surface area contributed by atoms with Gasteiger partial charge in [0.05, 0.1) is 12.3 Å². The Kier molecular flexibility index (Phi) is 5.34. The van der Waals surface area contributed by atoms with E-state index in [1.165, 1.54) is 22.2 Å². The number of aromatic hydroxyl groups is 1. The lowest BCUT2D eigenvalue weighted by atomic mass is 10.1. The maximum Gasteiger partial charge on any atom is 0.119 e. The zero-order valence-electron chi connectivity index (χ0n) is 16.1. The average molecular weight is 371 g/mol. The second-order valence-corrected chi connectivity index (χ2v) is 7.06. The van der Waals surface area contributed by atoms with E-state index in [2.05, 4.69) is 35.8 Å². The van der Waals surface area contributed by atoms with Crippen molar-refractivity contribution in [3.8, 4) is 22.8 Å². The lowest BCUT2D eigenvalue weighted by Crippen LogP contribution is -2.04. The number of hydrogen-bond donors (Lipinski definition) is 1. The summed E-state index contributed by atoms with van der Waals surface area (Å²) in [6.45, 7) is 3.83. The van der Waals surface area contributed by atoms with Crippen LogP contribution in [-0.2, 0) is 6.54 Å². The molecule has 1 heterocycles. The number of aromatic nitrogens is 1. The maximum absolute atomic E-state index is 9.66. The number of hydrogen-bond acceptors (Lipinski definition) is 2. The van der Waals surface area contributed by atoms with Crippen LogP contribution in [0, 0.1) is 6.92 Å². The summed E-state index contributed by atoms with van der Waals surface area (Å²) in [5.41, 5.74) is 4.89. The molecule has 0 amide bonds. The number of ether oxygens (including phenoxy) is 1. The average Bonchev–Trinajstić information content (AvgIpc) is 3.01. The van der Waals surface area contributed by atoms with Gasteiger partial charge in [-0.3, -0.25) is 0 Å². The van der Waals surface area contributed by atoms with Crippen molar-refractivity contribution in [2.24, 2.45) is 0 Å². The molecule has 3 nitrogen and oxygen atoms in total. The van der Waals surface area contributed by atoms with Gasteiger partial charge in [-0.2, -0.15) is 0 Å². The topological polar surface area (TPSA) is 34.4 Å². The Bertz CT molecular complexity index is 1050. The van der Waals surface area contributed by atoms with Gasteiger partial charge < -0.3 is 14.4 Å². The molecule has 0 unspecified atom stereocenters. The Morgan fingerprint density at radius 3 is 2.32 bits per heavy atom. The summed E-state index contributed by atoms with van der Waals surface area (Å²) in [5.74, 6) is 1.22. The van der Waals surface area contributed by atoms with Gasteiger partial charge in [0, 0.05) is 17.4 Å². The quantitative estimate of drug-likeness (QED) is 0.394. The van der Waals surface area contributed by atoms with Crippen LogP contribution in [0.3, 0.4) is 0 Å². The van der Waals surface area contributed by atoms with Gasteiger partial charge in [-0.1, -0.05) is 36.4 Å². The van der Waals surface area contributed by atoms with Gasteiger partial charge in [-0.25, -0.2) is 0 Å². The molecular formula is C25H25NO2. The van der Waals surface area contributed by atoms with Crippen LogP contribution in [0.5, 0.6) is 11.5 Å². The molecule has 0 aliphatic rings. The van der Waals surface area contributed by atoms with Crippen molar-refractivity contribution in [2.45, 2.75) is 26.3 Å². The van der Waals surface area contributed by atoms with Crippen molar-refractivity contribution in [3.05, 3.63) is 84.4 Å². The molecule has 1 aromatic heterocycles. The van der Waals surface area contributed by atoms with Gasteiger partial charge in [-0.05, 0) is 73.4 Å². The molecule has 0 saturated heterocycles. The number of phenols is 1. The summed E-state index contributed by atoms with van der Waals surface area (Å²) in [7, 11) is 0. The molecule has 0 spiro atoms. The Hall–Kier alpha value is -3.20. The van der Waals surface area contributed by atoms with E-state index < -0.39 is 0 Å². The van der Waals surface area contributed by atoms with Crippen molar-refractivity contribution < 1.29 is 9.84 Å². The molecular weight excluding hydrogens is 346 g/mol. The van der Waals surface area contributed by atoms with E-state index in [1.807, 2.05) is 42.5 Å². The molecule has 142 valence electrons. The van der Waals surface area contributed by atoms with E-state index in [0.29, 0.717) is 5.75 Å². The van der Waals surface area contributed by atoms with Crippen LogP contribution >= 0.6 is 0 Å². The van der Waals surface area contributed by atoms with Gasteiger partial charge in [0.1, 0.15) is 11.5 Å². The highest BCUT2D eigenvalue weighted by Gasteiger charge is 2.15. The van der Waals surface area contributed by atoms with E-state index in [-0.39, 0.29) is 0 Å². The van der Waals surface area contributed by atoms with Gasteiger partial charge in [0.15, 0.2) is 0 Å². The number of unbranched alkanes of at least 4 members (excludes halogenated alkanes) is 1. The van der Waals surface area contributed by atoms with E-state index >= 15 is 0 Å². The molecule has 4 aromatic rings. The van der Waals surface area contributed by atoms with E-state index in [0.717, 1.165) is 37.3 Å². The fraction of sp³-hybridized carbons (Fsp3) is 0.200. The van der Waals surface area contributed by atoms with E-state index in [1.54, 1.807) is 12.1 Å². The van der Waals surface area contributed by atoms with Crippen LogP contribution in [0.15, 0.2) is 78.9 Å². The molecule has 3 aromatic carbocycles. The lowest BCUT2D eigenvalue weighted by Gasteiger charge is -2.13. The first-order valence-electron chi connectivity index (χ1n) is 9.79. The predicted molar refractivity (Wildman–Crippen MR) is 115 cm³/mol. The molecule has 0 bridgehead atoms. The molecule has 0 radical (unpaired) electrons. The van der Waals surface area contributed by atoms with Gasteiger partial charge >= 0.3 is 0 Å². The van der Waals surface area contributed by atoms with Gasteiger partial charge in [0.2, 0.25) is 0 Å².